The average molecular weight is 534 g/mol. The van der Waals surface area contributed by atoms with Gasteiger partial charge in [-0.15, -0.1) is 0 Å². The number of hydrogen-bond acceptors (Lipinski definition) is 7. The second kappa shape index (κ2) is 11.6. The molecule has 3 aliphatic rings. The minimum atomic E-state index is -1.87. The van der Waals surface area contributed by atoms with Gasteiger partial charge in [0.25, 0.3) is 5.91 Å². The van der Waals surface area contributed by atoms with E-state index in [1.54, 1.807) is 6.08 Å². The fraction of sp³-hybridized carbons (Fsp3) is 0.452. The number of rotatable bonds is 3. The van der Waals surface area contributed by atoms with Crippen LogP contribution in [0.3, 0.4) is 0 Å². The molecule has 8 heteroatoms. The van der Waals surface area contributed by atoms with Crippen LogP contribution >= 0.6 is 0 Å². The number of ketones is 2. The first-order chi connectivity index (χ1) is 18.6. The minimum absolute atomic E-state index is 0.00116. The van der Waals surface area contributed by atoms with Crippen molar-refractivity contribution in [3.05, 3.63) is 71.8 Å². The normalized spacial score (nSPS) is 36.3. The number of aldehydes is 1. The summed E-state index contributed by atoms with van der Waals surface area (Å²) in [4.78, 5) is 64.0. The molecule has 4 rings (SSSR count). The highest BCUT2D eigenvalue weighted by molar-refractivity contribution is 6.43. The number of aliphatic hydroxyl groups excluding tert-OH is 1. The van der Waals surface area contributed by atoms with Crippen molar-refractivity contribution in [3.8, 4) is 0 Å². The Morgan fingerprint density at radius 1 is 1.15 bits per heavy atom. The molecule has 1 aromatic carbocycles. The molecule has 2 aliphatic heterocycles. The molecular weight excluding hydrogens is 498 g/mol. The Morgan fingerprint density at radius 2 is 1.87 bits per heavy atom. The van der Waals surface area contributed by atoms with Crippen LogP contribution in [0.5, 0.6) is 0 Å². The first-order valence-corrected chi connectivity index (χ1v) is 13.5. The number of esters is 1. The molecule has 1 aliphatic carbocycles. The van der Waals surface area contributed by atoms with Crippen molar-refractivity contribution < 1.29 is 33.8 Å². The fourth-order valence-electron chi connectivity index (χ4n) is 6.24. The lowest BCUT2D eigenvalue weighted by molar-refractivity contribution is -0.183. The van der Waals surface area contributed by atoms with Gasteiger partial charge < -0.3 is 15.2 Å². The molecule has 1 saturated carbocycles. The smallest absolute Gasteiger partial charge is 0.342 e. The van der Waals surface area contributed by atoms with Gasteiger partial charge >= 0.3 is 5.97 Å². The molecule has 0 radical (unpaired) electrons. The maximum atomic E-state index is 13.9. The zero-order valence-electron chi connectivity index (χ0n) is 22.3. The number of hydrogen-bond donors (Lipinski definition) is 2. The second-order valence-electron chi connectivity index (χ2n) is 11.0. The van der Waals surface area contributed by atoms with Gasteiger partial charge in [0.1, 0.15) is 5.57 Å². The summed E-state index contributed by atoms with van der Waals surface area (Å²) in [6.07, 6.45) is 5.40. The lowest BCUT2D eigenvalue weighted by atomic mass is 9.59. The number of carbonyl (C=O) groups is 5. The average Bonchev–Trinajstić information content (AvgIpc) is 3.18. The van der Waals surface area contributed by atoms with E-state index >= 15 is 0 Å². The van der Waals surface area contributed by atoms with Crippen molar-refractivity contribution in [3.63, 3.8) is 0 Å². The van der Waals surface area contributed by atoms with Gasteiger partial charge in [-0.05, 0) is 48.7 Å². The molecule has 1 amide bonds. The Hall–Kier alpha value is -3.65. The molecule has 2 heterocycles. The van der Waals surface area contributed by atoms with Gasteiger partial charge in [-0.3, -0.25) is 19.2 Å². The molecule has 1 saturated heterocycles. The van der Waals surface area contributed by atoms with E-state index < -0.39 is 64.5 Å². The first kappa shape index (κ1) is 28.4. The Kier molecular flexibility index (Phi) is 8.45. The van der Waals surface area contributed by atoms with Gasteiger partial charge in [-0.1, -0.05) is 62.9 Å². The van der Waals surface area contributed by atoms with Crippen molar-refractivity contribution >= 4 is 29.7 Å². The number of allylic oxidation sites excluding steroid dienone is 2. The quantitative estimate of drug-likeness (QED) is 0.201. The maximum Gasteiger partial charge on any atom is 0.342 e. The van der Waals surface area contributed by atoms with Crippen LogP contribution in [-0.2, 0) is 35.1 Å². The van der Waals surface area contributed by atoms with E-state index in [9.17, 15) is 29.1 Å². The zero-order chi connectivity index (χ0) is 28.3. The van der Waals surface area contributed by atoms with Crippen LogP contribution in [0, 0.1) is 23.7 Å². The lowest BCUT2D eigenvalue weighted by Crippen LogP contribution is -2.61. The van der Waals surface area contributed by atoms with E-state index in [0.29, 0.717) is 37.3 Å². The summed E-state index contributed by atoms with van der Waals surface area (Å²) in [6.45, 7) is 7.97. The van der Waals surface area contributed by atoms with Crippen LogP contribution in [0.2, 0.25) is 0 Å². The standard InChI is InChI=1S/C31H35NO7/c1-18-9-7-13-23-28(36)20(3)19(2)27-24(15-21-11-5-4-6-12-21)32-30(38)31(23,27)39-29(37)22(17-33)16-26(35)25(34)14-8-10-18/h4-7,11-13,16-19,23-24,27-28,36H,3,8-10,14-15H2,1-2H3,(H,32,38)/b13-7+,22-16+/t18-,19+,23?,24-,27?,28+,31+/m0/s1. The number of benzene rings is 1. The van der Waals surface area contributed by atoms with Crippen LogP contribution in [-0.4, -0.2) is 52.6 Å². The Bertz CT molecular complexity index is 1230. The van der Waals surface area contributed by atoms with Crippen molar-refractivity contribution in [1.82, 2.24) is 5.32 Å². The summed E-state index contributed by atoms with van der Waals surface area (Å²) in [7, 11) is 0. The zero-order valence-corrected chi connectivity index (χ0v) is 22.3. The molecule has 2 unspecified atom stereocenters. The SMILES string of the molecule is C=C1[C@@H](C)C2[C@H](Cc3ccccc3)NC(=O)[C@]23OC(=O)/C(C=O)=C/C(=O)C(=O)CCC[C@@H](C)C/C=C/C3[C@@H]1O. The Labute approximate surface area is 228 Å². The molecule has 7 atom stereocenters. The minimum Gasteiger partial charge on any atom is -0.444 e. The number of nitrogens with one attached hydrogen (secondary N) is 1. The monoisotopic (exact) mass is 533 g/mol. The topological polar surface area (TPSA) is 127 Å². The lowest BCUT2D eigenvalue weighted by Gasteiger charge is -2.49. The van der Waals surface area contributed by atoms with Crippen molar-refractivity contribution in [2.45, 2.75) is 63.7 Å². The molecule has 1 aromatic rings. The molecule has 206 valence electrons. The molecule has 1 spiro atoms. The summed E-state index contributed by atoms with van der Waals surface area (Å²) in [5.74, 6) is -5.32. The third-order valence-electron chi connectivity index (χ3n) is 8.41. The van der Waals surface area contributed by atoms with Crippen molar-refractivity contribution in [1.29, 1.82) is 0 Å². The highest BCUT2D eigenvalue weighted by Crippen LogP contribution is 2.52. The van der Waals surface area contributed by atoms with Crippen LogP contribution in [0.25, 0.3) is 0 Å². The number of amides is 1. The molecule has 0 aromatic heterocycles. The fourth-order valence-corrected chi connectivity index (χ4v) is 6.24. The van der Waals surface area contributed by atoms with E-state index in [1.165, 1.54) is 0 Å². The van der Waals surface area contributed by atoms with Crippen LogP contribution in [0.4, 0.5) is 0 Å². The van der Waals surface area contributed by atoms with Crippen molar-refractivity contribution in [2.75, 3.05) is 0 Å². The predicted octanol–water partition coefficient (Wildman–Crippen LogP) is 2.84. The molecular formula is C31H35NO7. The molecule has 8 nitrogen and oxygen atoms in total. The summed E-state index contributed by atoms with van der Waals surface area (Å²) in [6, 6.07) is 9.09. The summed E-state index contributed by atoms with van der Waals surface area (Å²) in [5.41, 5.74) is -1.04. The molecule has 0 bridgehead atoms. The number of ether oxygens (including phenoxy) is 1. The van der Waals surface area contributed by atoms with Gasteiger partial charge in [-0.25, -0.2) is 4.79 Å². The number of aliphatic hydroxyl groups is 1. The Morgan fingerprint density at radius 3 is 2.56 bits per heavy atom. The second-order valence-corrected chi connectivity index (χ2v) is 11.0. The highest BCUT2D eigenvalue weighted by Gasteiger charge is 2.68. The summed E-state index contributed by atoms with van der Waals surface area (Å²) < 4.78 is 5.96. The first-order valence-electron chi connectivity index (χ1n) is 13.5. The number of carbonyl (C=O) groups excluding carboxylic acids is 5. The van der Waals surface area contributed by atoms with E-state index in [-0.39, 0.29) is 18.6 Å². The molecule has 39 heavy (non-hydrogen) atoms. The van der Waals surface area contributed by atoms with E-state index in [0.717, 1.165) is 5.56 Å². The molecule has 2 fully saturated rings. The van der Waals surface area contributed by atoms with Crippen LogP contribution in [0.15, 0.2) is 66.3 Å². The van der Waals surface area contributed by atoms with E-state index in [2.05, 4.69) is 11.9 Å². The van der Waals surface area contributed by atoms with Gasteiger partial charge in [-0.2, -0.15) is 0 Å². The van der Waals surface area contributed by atoms with E-state index in [1.807, 2.05) is 50.3 Å². The summed E-state index contributed by atoms with van der Waals surface area (Å²) >= 11 is 0. The highest BCUT2D eigenvalue weighted by atomic mass is 16.6. The van der Waals surface area contributed by atoms with Gasteiger partial charge in [0.15, 0.2) is 6.29 Å². The predicted molar refractivity (Wildman–Crippen MR) is 143 cm³/mol. The third-order valence-corrected chi connectivity index (χ3v) is 8.41. The van der Waals surface area contributed by atoms with E-state index in [4.69, 9.17) is 4.74 Å². The number of Topliss-reactive ketones (excluding diaryl/α,β-unsaturated/α-hetero) is 1. The largest absolute Gasteiger partial charge is 0.444 e. The Balaban J connectivity index is 1.84. The van der Waals surface area contributed by atoms with Crippen molar-refractivity contribution in [2.24, 2.45) is 23.7 Å². The molecule has 2 N–H and O–H groups in total. The van der Waals surface area contributed by atoms with Crippen LogP contribution in [0.1, 0.15) is 45.1 Å². The van der Waals surface area contributed by atoms with Crippen LogP contribution < -0.4 is 5.32 Å². The summed E-state index contributed by atoms with van der Waals surface area (Å²) in [5, 5.41) is 14.4. The van der Waals surface area contributed by atoms with Gasteiger partial charge in [0.05, 0.1) is 12.0 Å². The van der Waals surface area contributed by atoms with Gasteiger partial charge in [0, 0.05) is 24.5 Å². The van der Waals surface area contributed by atoms with Gasteiger partial charge in [0.2, 0.25) is 17.2 Å². The maximum absolute atomic E-state index is 13.9. The third kappa shape index (κ3) is 5.43.